The van der Waals surface area contributed by atoms with Crippen LogP contribution in [0.1, 0.15) is 39.2 Å². The molecule has 2 N–H and O–H groups in total. The van der Waals surface area contributed by atoms with Crippen LogP contribution in [0.25, 0.3) is 0 Å². The summed E-state index contributed by atoms with van der Waals surface area (Å²) in [4.78, 5) is 6.97. The van der Waals surface area contributed by atoms with Gasteiger partial charge < -0.3 is 15.5 Å². The van der Waals surface area contributed by atoms with E-state index in [1.165, 1.54) is 12.1 Å². The number of guanidine groups is 1. The molecule has 0 spiro atoms. The van der Waals surface area contributed by atoms with Gasteiger partial charge in [0.25, 0.3) is 0 Å². The standard InChI is InChI=1S/C19H33FN4/c1-5-21-19(22-13-6-7-15-24(4)16(2)3)23-14-12-17-8-10-18(20)11-9-17/h8-11,16H,5-7,12-15H2,1-4H3,(H2,21,22,23). The average Bonchev–Trinajstić information content (AvgIpc) is 2.56. The van der Waals surface area contributed by atoms with Crippen molar-refractivity contribution in [3.63, 3.8) is 0 Å². The van der Waals surface area contributed by atoms with Crippen molar-refractivity contribution >= 4 is 5.96 Å². The summed E-state index contributed by atoms with van der Waals surface area (Å²) in [5, 5.41) is 6.60. The molecule has 0 atom stereocenters. The normalized spacial score (nSPS) is 12.0. The first-order valence-corrected chi connectivity index (χ1v) is 8.99. The number of benzene rings is 1. The number of hydrogen-bond donors (Lipinski definition) is 2. The Morgan fingerprint density at radius 3 is 2.50 bits per heavy atom. The van der Waals surface area contributed by atoms with E-state index < -0.39 is 0 Å². The summed E-state index contributed by atoms with van der Waals surface area (Å²) >= 11 is 0. The summed E-state index contributed by atoms with van der Waals surface area (Å²) in [6, 6.07) is 7.25. The zero-order chi connectivity index (χ0) is 17.8. The Morgan fingerprint density at radius 2 is 1.88 bits per heavy atom. The lowest BCUT2D eigenvalue weighted by atomic mass is 10.1. The predicted molar refractivity (Wildman–Crippen MR) is 101 cm³/mol. The second-order valence-electron chi connectivity index (χ2n) is 6.35. The highest BCUT2D eigenvalue weighted by atomic mass is 19.1. The summed E-state index contributed by atoms with van der Waals surface area (Å²) < 4.78 is 12.9. The van der Waals surface area contributed by atoms with E-state index in [9.17, 15) is 4.39 Å². The molecule has 0 aliphatic rings. The van der Waals surface area contributed by atoms with Gasteiger partial charge in [-0.1, -0.05) is 12.1 Å². The van der Waals surface area contributed by atoms with E-state index in [4.69, 9.17) is 0 Å². The maximum Gasteiger partial charge on any atom is 0.191 e. The maximum absolute atomic E-state index is 12.9. The molecule has 0 aliphatic carbocycles. The summed E-state index contributed by atoms with van der Waals surface area (Å²) in [6.45, 7) is 10.1. The van der Waals surface area contributed by atoms with Gasteiger partial charge in [-0.15, -0.1) is 0 Å². The third-order valence-electron chi connectivity index (χ3n) is 4.03. The van der Waals surface area contributed by atoms with Crippen LogP contribution in [0, 0.1) is 5.82 Å². The van der Waals surface area contributed by atoms with E-state index in [1.807, 2.05) is 12.1 Å². The molecular weight excluding hydrogens is 303 g/mol. The van der Waals surface area contributed by atoms with Crippen LogP contribution in [0.5, 0.6) is 0 Å². The lowest BCUT2D eigenvalue weighted by Gasteiger charge is -2.20. The van der Waals surface area contributed by atoms with Gasteiger partial charge in [0.2, 0.25) is 0 Å². The van der Waals surface area contributed by atoms with Crippen molar-refractivity contribution in [2.45, 2.75) is 46.1 Å². The number of nitrogens with one attached hydrogen (secondary N) is 2. The largest absolute Gasteiger partial charge is 0.357 e. The third-order valence-corrected chi connectivity index (χ3v) is 4.03. The fraction of sp³-hybridized carbons (Fsp3) is 0.632. The highest BCUT2D eigenvalue weighted by molar-refractivity contribution is 5.79. The number of unbranched alkanes of at least 4 members (excludes halogenated alkanes) is 1. The monoisotopic (exact) mass is 336 g/mol. The van der Waals surface area contributed by atoms with Gasteiger partial charge in [0.1, 0.15) is 5.82 Å². The Bertz CT molecular complexity index is 471. The minimum Gasteiger partial charge on any atom is -0.357 e. The van der Waals surface area contributed by atoms with Gasteiger partial charge in [-0.25, -0.2) is 4.39 Å². The van der Waals surface area contributed by atoms with Crippen molar-refractivity contribution in [2.75, 3.05) is 33.2 Å². The number of aliphatic imine (C=N–C) groups is 1. The van der Waals surface area contributed by atoms with Crippen LogP contribution < -0.4 is 10.6 Å². The van der Waals surface area contributed by atoms with Crippen molar-refractivity contribution in [3.05, 3.63) is 35.6 Å². The van der Waals surface area contributed by atoms with Gasteiger partial charge in [0, 0.05) is 25.7 Å². The zero-order valence-corrected chi connectivity index (χ0v) is 15.6. The predicted octanol–water partition coefficient (Wildman–Crippen LogP) is 3.04. The van der Waals surface area contributed by atoms with Crippen molar-refractivity contribution < 1.29 is 4.39 Å². The van der Waals surface area contributed by atoms with Gasteiger partial charge in [-0.05, 0) is 71.3 Å². The molecule has 1 rings (SSSR count). The topological polar surface area (TPSA) is 39.7 Å². The summed E-state index contributed by atoms with van der Waals surface area (Å²) in [5.41, 5.74) is 1.12. The molecule has 24 heavy (non-hydrogen) atoms. The van der Waals surface area contributed by atoms with Gasteiger partial charge in [0.15, 0.2) is 5.96 Å². The molecule has 4 nitrogen and oxygen atoms in total. The van der Waals surface area contributed by atoms with E-state index >= 15 is 0 Å². The second-order valence-corrected chi connectivity index (χ2v) is 6.35. The number of halogens is 1. The fourth-order valence-corrected chi connectivity index (χ4v) is 2.24. The smallest absolute Gasteiger partial charge is 0.191 e. The quantitative estimate of drug-likeness (QED) is 0.392. The Hall–Kier alpha value is -1.62. The first-order chi connectivity index (χ1) is 11.5. The van der Waals surface area contributed by atoms with Crippen molar-refractivity contribution in [1.82, 2.24) is 15.5 Å². The average molecular weight is 336 g/mol. The van der Waals surface area contributed by atoms with E-state index in [-0.39, 0.29) is 5.82 Å². The molecule has 0 saturated heterocycles. The van der Waals surface area contributed by atoms with Crippen LogP contribution in [0.4, 0.5) is 4.39 Å². The minimum absolute atomic E-state index is 0.190. The first kappa shape index (κ1) is 20.4. The highest BCUT2D eigenvalue weighted by Crippen LogP contribution is 2.02. The Balaban J connectivity index is 2.27. The zero-order valence-electron chi connectivity index (χ0n) is 15.6. The molecule has 0 saturated carbocycles. The van der Waals surface area contributed by atoms with Gasteiger partial charge in [-0.2, -0.15) is 0 Å². The summed E-state index contributed by atoms with van der Waals surface area (Å²) in [5.74, 6) is 0.668. The lowest BCUT2D eigenvalue weighted by molar-refractivity contribution is 0.269. The molecule has 1 aromatic rings. The van der Waals surface area contributed by atoms with Crippen molar-refractivity contribution in [1.29, 1.82) is 0 Å². The fourth-order valence-electron chi connectivity index (χ4n) is 2.24. The number of rotatable bonds is 10. The van der Waals surface area contributed by atoms with Gasteiger partial charge in [-0.3, -0.25) is 4.99 Å². The van der Waals surface area contributed by atoms with Crippen LogP contribution in [0.2, 0.25) is 0 Å². The Labute approximate surface area is 146 Å². The number of hydrogen-bond acceptors (Lipinski definition) is 2. The maximum atomic E-state index is 12.9. The molecule has 0 fully saturated rings. The molecule has 0 aromatic heterocycles. The van der Waals surface area contributed by atoms with E-state index in [0.717, 1.165) is 57.0 Å². The summed E-state index contributed by atoms with van der Waals surface area (Å²) in [7, 11) is 2.16. The minimum atomic E-state index is -0.190. The summed E-state index contributed by atoms with van der Waals surface area (Å²) in [6.07, 6.45) is 3.10. The highest BCUT2D eigenvalue weighted by Gasteiger charge is 2.02. The molecule has 136 valence electrons. The van der Waals surface area contributed by atoms with Crippen molar-refractivity contribution in [3.8, 4) is 0 Å². The molecule has 0 bridgehead atoms. The van der Waals surface area contributed by atoms with Gasteiger partial charge in [0.05, 0.1) is 0 Å². The molecule has 0 unspecified atom stereocenters. The van der Waals surface area contributed by atoms with Gasteiger partial charge >= 0.3 is 0 Å². The van der Waals surface area contributed by atoms with Crippen molar-refractivity contribution in [2.24, 2.45) is 4.99 Å². The molecule has 0 amide bonds. The molecule has 0 heterocycles. The second kappa shape index (κ2) is 11.8. The molecule has 0 radical (unpaired) electrons. The van der Waals surface area contributed by atoms with E-state index in [2.05, 4.69) is 48.3 Å². The van der Waals surface area contributed by atoms with E-state index in [0.29, 0.717) is 6.04 Å². The molecular formula is C19H33FN4. The molecule has 0 aliphatic heterocycles. The Morgan fingerprint density at radius 1 is 1.17 bits per heavy atom. The van der Waals surface area contributed by atoms with Crippen LogP contribution in [-0.2, 0) is 6.42 Å². The lowest BCUT2D eigenvalue weighted by Crippen LogP contribution is -2.38. The SMILES string of the molecule is CCNC(=NCCCCN(C)C(C)C)NCCc1ccc(F)cc1. The first-order valence-electron chi connectivity index (χ1n) is 8.99. The van der Waals surface area contributed by atoms with Crippen LogP contribution >= 0.6 is 0 Å². The molecule has 5 heteroatoms. The number of nitrogens with zero attached hydrogens (tertiary/aromatic N) is 2. The van der Waals surface area contributed by atoms with Crippen LogP contribution in [0.15, 0.2) is 29.3 Å². The van der Waals surface area contributed by atoms with Crippen LogP contribution in [-0.4, -0.2) is 50.1 Å². The van der Waals surface area contributed by atoms with Crippen LogP contribution in [0.3, 0.4) is 0 Å². The molecule has 1 aromatic carbocycles. The Kier molecular flexibility index (Phi) is 10.1. The van der Waals surface area contributed by atoms with E-state index in [1.54, 1.807) is 0 Å². The third kappa shape index (κ3) is 8.87.